The van der Waals surface area contributed by atoms with Crippen molar-refractivity contribution in [2.45, 2.75) is 31.7 Å². The Kier molecular flexibility index (Phi) is 5.57. The van der Waals surface area contributed by atoms with E-state index in [9.17, 15) is 14.4 Å². The number of amides is 3. The van der Waals surface area contributed by atoms with Crippen LogP contribution in [0.2, 0.25) is 0 Å². The number of carbonyl (C=O) groups excluding carboxylic acids is 3. The van der Waals surface area contributed by atoms with Crippen LogP contribution in [0.15, 0.2) is 0 Å². The number of hydrogen-bond donors (Lipinski definition) is 3. The molecule has 1 aliphatic carbocycles. The van der Waals surface area contributed by atoms with Gasteiger partial charge in [-0.05, 0) is 12.8 Å². The predicted octanol–water partition coefficient (Wildman–Crippen LogP) is -1.68. The number of nitrogens with one attached hydrogen (secondary N) is 1. The van der Waals surface area contributed by atoms with Crippen LogP contribution in [0.5, 0.6) is 0 Å². The summed E-state index contributed by atoms with van der Waals surface area (Å²) in [5, 5.41) is 2.40. The maximum atomic E-state index is 11.9. The topological polar surface area (TPSA) is 119 Å². The molecule has 3 amide bonds. The van der Waals surface area contributed by atoms with Gasteiger partial charge in [0.15, 0.2) is 0 Å². The Hall–Kier alpha value is -1.63. The van der Waals surface area contributed by atoms with Crippen molar-refractivity contribution in [3.05, 3.63) is 0 Å². The van der Waals surface area contributed by atoms with Crippen LogP contribution >= 0.6 is 0 Å². The highest BCUT2D eigenvalue weighted by molar-refractivity contribution is 6.35. The van der Waals surface area contributed by atoms with Gasteiger partial charge in [-0.15, -0.1) is 0 Å². The third-order valence-electron chi connectivity index (χ3n) is 2.98. The van der Waals surface area contributed by atoms with Crippen molar-refractivity contribution in [2.24, 2.45) is 11.5 Å². The predicted molar refractivity (Wildman–Crippen MR) is 65.2 cm³/mol. The lowest BCUT2D eigenvalue weighted by molar-refractivity contribution is -0.148. The second-order valence-electron chi connectivity index (χ2n) is 4.38. The summed E-state index contributed by atoms with van der Waals surface area (Å²) >= 11 is 0. The quantitative estimate of drug-likeness (QED) is 0.509. The SMILES string of the molecule is NCCNC(=O)C(=O)N(CC(N)=O)C1CCCC1. The minimum absolute atomic E-state index is 0.0615. The summed E-state index contributed by atoms with van der Waals surface area (Å²) in [6.07, 6.45) is 3.61. The average Bonchev–Trinajstić information content (AvgIpc) is 2.85. The third-order valence-corrected chi connectivity index (χ3v) is 2.98. The highest BCUT2D eigenvalue weighted by Gasteiger charge is 2.31. The van der Waals surface area contributed by atoms with Gasteiger partial charge < -0.3 is 21.7 Å². The minimum Gasteiger partial charge on any atom is -0.368 e. The molecule has 1 saturated carbocycles. The maximum Gasteiger partial charge on any atom is 0.312 e. The molecule has 102 valence electrons. The number of nitrogens with zero attached hydrogens (tertiary/aromatic N) is 1. The van der Waals surface area contributed by atoms with Crippen molar-refractivity contribution in [3.8, 4) is 0 Å². The molecule has 0 unspecified atom stereocenters. The molecule has 0 atom stereocenters. The average molecular weight is 256 g/mol. The van der Waals surface area contributed by atoms with E-state index in [0.717, 1.165) is 25.7 Å². The lowest BCUT2D eigenvalue weighted by atomic mass is 10.2. The number of carbonyl (C=O) groups is 3. The minimum atomic E-state index is -0.728. The zero-order valence-corrected chi connectivity index (χ0v) is 10.4. The Morgan fingerprint density at radius 2 is 1.83 bits per heavy atom. The zero-order valence-electron chi connectivity index (χ0n) is 10.4. The first-order valence-corrected chi connectivity index (χ1v) is 6.13. The van der Waals surface area contributed by atoms with Crippen LogP contribution in [0.1, 0.15) is 25.7 Å². The van der Waals surface area contributed by atoms with E-state index in [1.54, 1.807) is 0 Å². The van der Waals surface area contributed by atoms with Crippen molar-refractivity contribution in [2.75, 3.05) is 19.6 Å². The van der Waals surface area contributed by atoms with Crippen LogP contribution < -0.4 is 16.8 Å². The number of rotatable bonds is 5. The van der Waals surface area contributed by atoms with Gasteiger partial charge in [-0.1, -0.05) is 12.8 Å². The molecule has 1 fully saturated rings. The fourth-order valence-corrected chi connectivity index (χ4v) is 2.14. The van der Waals surface area contributed by atoms with Gasteiger partial charge in [-0.2, -0.15) is 0 Å². The standard InChI is InChI=1S/C11H20N4O3/c12-5-6-14-10(17)11(18)15(7-9(13)16)8-3-1-2-4-8/h8H,1-7,12H2,(H2,13,16)(H,14,17). The molecule has 0 radical (unpaired) electrons. The van der Waals surface area contributed by atoms with Crippen LogP contribution in [-0.4, -0.2) is 48.3 Å². The molecule has 0 heterocycles. The van der Waals surface area contributed by atoms with Crippen LogP contribution in [0.4, 0.5) is 0 Å². The van der Waals surface area contributed by atoms with Gasteiger partial charge in [-0.3, -0.25) is 14.4 Å². The molecule has 0 aromatic heterocycles. The molecule has 7 nitrogen and oxygen atoms in total. The van der Waals surface area contributed by atoms with E-state index in [0.29, 0.717) is 0 Å². The molecular formula is C11H20N4O3. The Morgan fingerprint density at radius 3 is 2.33 bits per heavy atom. The van der Waals surface area contributed by atoms with Crippen molar-refractivity contribution in [1.82, 2.24) is 10.2 Å². The van der Waals surface area contributed by atoms with E-state index < -0.39 is 17.7 Å². The summed E-state index contributed by atoms with van der Waals surface area (Å²) in [6.45, 7) is 0.289. The highest BCUT2D eigenvalue weighted by atomic mass is 16.2. The summed E-state index contributed by atoms with van der Waals surface area (Å²) in [6, 6.07) is -0.0615. The van der Waals surface area contributed by atoms with Gasteiger partial charge in [0.1, 0.15) is 6.54 Å². The van der Waals surface area contributed by atoms with Crippen molar-refractivity contribution >= 4 is 17.7 Å². The van der Waals surface area contributed by atoms with Crippen molar-refractivity contribution in [1.29, 1.82) is 0 Å². The number of primary amides is 1. The van der Waals surface area contributed by atoms with E-state index in [1.165, 1.54) is 4.90 Å². The van der Waals surface area contributed by atoms with Gasteiger partial charge in [0.2, 0.25) is 5.91 Å². The van der Waals surface area contributed by atoms with Gasteiger partial charge >= 0.3 is 11.8 Å². The van der Waals surface area contributed by atoms with Gasteiger partial charge in [-0.25, -0.2) is 0 Å². The first-order valence-electron chi connectivity index (χ1n) is 6.13. The van der Waals surface area contributed by atoms with E-state index in [2.05, 4.69) is 5.32 Å². The first-order chi connectivity index (χ1) is 8.56. The van der Waals surface area contributed by atoms with Gasteiger partial charge in [0.25, 0.3) is 0 Å². The second kappa shape index (κ2) is 6.95. The lowest BCUT2D eigenvalue weighted by Gasteiger charge is -2.26. The molecule has 0 aromatic rings. The number of nitrogens with two attached hydrogens (primary N) is 2. The molecule has 0 aromatic carbocycles. The lowest BCUT2D eigenvalue weighted by Crippen LogP contribution is -2.50. The normalized spacial score (nSPS) is 15.4. The van der Waals surface area contributed by atoms with Crippen LogP contribution in [0.25, 0.3) is 0 Å². The Bertz CT molecular complexity index is 326. The maximum absolute atomic E-state index is 11.9. The Morgan fingerprint density at radius 1 is 1.22 bits per heavy atom. The van der Waals surface area contributed by atoms with Crippen molar-refractivity contribution < 1.29 is 14.4 Å². The first kappa shape index (κ1) is 14.4. The molecule has 1 aliphatic rings. The van der Waals surface area contributed by atoms with Gasteiger partial charge in [0, 0.05) is 19.1 Å². The van der Waals surface area contributed by atoms with Crippen molar-refractivity contribution in [3.63, 3.8) is 0 Å². The summed E-state index contributed by atoms with van der Waals surface area (Å²) in [5.41, 5.74) is 10.4. The zero-order chi connectivity index (χ0) is 13.5. The molecule has 0 aliphatic heterocycles. The Balaban J connectivity index is 2.65. The second-order valence-corrected chi connectivity index (χ2v) is 4.38. The molecule has 5 N–H and O–H groups in total. The summed E-state index contributed by atoms with van der Waals surface area (Å²) < 4.78 is 0. The molecular weight excluding hydrogens is 236 g/mol. The molecule has 18 heavy (non-hydrogen) atoms. The highest BCUT2D eigenvalue weighted by Crippen LogP contribution is 2.23. The smallest absolute Gasteiger partial charge is 0.312 e. The summed E-state index contributed by atoms with van der Waals surface area (Å²) in [7, 11) is 0. The fraction of sp³-hybridized carbons (Fsp3) is 0.727. The van der Waals surface area contributed by atoms with Gasteiger partial charge in [0.05, 0.1) is 0 Å². The van der Waals surface area contributed by atoms with E-state index >= 15 is 0 Å². The summed E-state index contributed by atoms with van der Waals surface area (Å²) in [4.78, 5) is 35.8. The fourth-order valence-electron chi connectivity index (χ4n) is 2.14. The molecule has 0 bridgehead atoms. The molecule has 1 rings (SSSR count). The van der Waals surface area contributed by atoms with Crippen LogP contribution in [-0.2, 0) is 14.4 Å². The largest absolute Gasteiger partial charge is 0.368 e. The van der Waals surface area contributed by atoms with Crippen LogP contribution in [0, 0.1) is 0 Å². The molecule has 0 saturated heterocycles. The van der Waals surface area contributed by atoms with E-state index in [-0.39, 0.29) is 25.7 Å². The summed E-state index contributed by atoms with van der Waals surface area (Å²) in [5.74, 6) is -2.04. The van der Waals surface area contributed by atoms with E-state index in [4.69, 9.17) is 11.5 Å². The molecule has 0 spiro atoms. The monoisotopic (exact) mass is 256 g/mol. The van der Waals surface area contributed by atoms with Crippen LogP contribution in [0.3, 0.4) is 0 Å². The third kappa shape index (κ3) is 3.99. The molecule has 7 heteroatoms. The Labute approximate surface area is 106 Å². The van der Waals surface area contributed by atoms with E-state index in [1.807, 2.05) is 0 Å². The number of hydrogen-bond acceptors (Lipinski definition) is 4.